The summed E-state index contributed by atoms with van der Waals surface area (Å²) in [6.07, 6.45) is 4.58. The molecule has 16 heavy (non-hydrogen) atoms. The van der Waals surface area contributed by atoms with E-state index in [-0.39, 0.29) is 22.5 Å². The first-order chi connectivity index (χ1) is 7.26. The number of rotatable bonds is 2. The monoisotopic (exact) mass is 240 g/mol. The molecule has 1 aliphatic carbocycles. The highest BCUT2D eigenvalue weighted by Gasteiger charge is 2.41. The maximum atomic E-state index is 11.0. The van der Waals surface area contributed by atoms with Crippen molar-refractivity contribution in [3.05, 3.63) is 24.3 Å². The van der Waals surface area contributed by atoms with E-state index in [2.05, 4.69) is 27.4 Å². The van der Waals surface area contributed by atoms with Crippen molar-refractivity contribution < 1.29 is 4.79 Å². The third-order valence-corrected chi connectivity index (χ3v) is 4.42. The number of alkyl halides is 1. The standard InChI is InChI=1S/C14H21ClO/c1-9-8-13(15)11(3)12(14(9,4)5)7-6-10(2)16/h6-7,9,12-13H,3,8H2,1-2,4-5H3. The molecule has 0 heterocycles. The predicted octanol–water partition coefficient (Wildman–Crippen LogP) is 3.98. The van der Waals surface area contributed by atoms with Gasteiger partial charge in [0.05, 0.1) is 5.38 Å². The fraction of sp³-hybridized carbons (Fsp3) is 0.643. The minimum Gasteiger partial charge on any atom is -0.295 e. The lowest BCUT2D eigenvalue weighted by Crippen LogP contribution is -2.39. The van der Waals surface area contributed by atoms with Gasteiger partial charge in [0.15, 0.2) is 5.78 Å². The van der Waals surface area contributed by atoms with Crippen LogP contribution in [0, 0.1) is 17.3 Å². The molecule has 0 radical (unpaired) electrons. The Labute approximate surface area is 104 Å². The molecule has 0 N–H and O–H groups in total. The first-order valence-corrected chi connectivity index (χ1v) is 6.22. The molecule has 2 heteroatoms. The number of hydrogen-bond donors (Lipinski definition) is 0. The summed E-state index contributed by atoms with van der Waals surface area (Å²) in [6, 6.07) is 0. The van der Waals surface area contributed by atoms with Gasteiger partial charge >= 0.3 is 0 Å². The topological polar surface area (TPSA) is 17.1 Å². The Morgan fingerprint density at radius 1 is 1.56 bits per heavy atom. The van der Waals surface area contributed by atoms with Gasteiger partial charge in [-0.1, -0.05) is 39.0 Å². The molecule has 0 aliphatic heterocycles. The highest BCUT2D eigenvalue weighted by molar-refractivity contribution is 6.22. The Morgan fingerprint density at radius 2 is 2.12 bits per heavy atom. The highest BCUT2D eigenvalue weighted by atomic mass is 35.5. The van der Waals surface area contributed by atoms with Gasteiger partial charge < -0.3 is 0 Å². The normalized spacial score (nSPS) is 34.3. The van der Waals surface area contributed by atoms with Crippen LogP contribution in [-0.2, 0) is 4.79 Å². The lowest BCUT2D eigenvalue weighted by Gasteiger charge is -2.45. The molecular formula is C14H21ClO. The van der Waals surface area contributed by atoms with E-state index in [0.29, 0.717) is 5.92 Å². The van der Waals surface area contributed by atoms with Gasteiger partial charge in [-0.25, -0.2) is 0 Å². The van der Waals surface area contributed by atoms with E-state index in [1.165, 1.54) is 0 Å². The van der Waals surface area contributed by atoms with Crippen molar-refractivity contribution in [1.82, 2.24) is 0 Å². The van der Waals surface area contributed by atoms with E-state index in [9.17, 15) is 4.79 Å². The Morgan fingerprint density at radius 3 is 2.62 bits per heavy atom. The second-order valence-electron chi connectivity index (χ2n) is 5.45. The van der Waals surface area contributed by atoms with Crippen molar-refractivity contribution in [3.8, 4) is 0 Å². The summed E-state index contributed by atoms with van der Waals surface area (Å²) in [5.74, 6) is 0.803. The van der Waals surface area contributed by atoms with Crippen LogP contribution in [0.3, 0.4) is 0 Å². The third kappa shape index (κ3) is 2.57. The van der Waals surface area contributed by atoms with E-state index in [0.717, 1.165) is 12.0 Å². The summed E-state index contributed by atoms with van der Waals surface area (Å²) in [5, 5.41) is 0.0321. The average Bonchev–Trinajstić information content (AvgIpc) is 2.14. The quantitative estimate of drug-likeness (QED) is 0.405. The molecule has 1 rings (SSSR count). The van der Waals surface area contributed by atoms with Crippen LogP contribution in [0.4, 0.5) is 0 Å². The molecule has 0 bridgehead atoms. The van der Waals surface area contributed by atoms with Crippen molar-refractivity contribution in [1.29, 1.82) is 0 Å². The van der Waals surface area contributed by atoms with Gasteiger partial charge in [-0.2, -0.15) is 0 Å². The van der Waals surface area contributed by atoms with Crippen LogP contribution >= 0.6 is 11.6 Å². The van der Waals surface area contributed by atoms with Gasteiger partial charge in [0.2, 0.25) is 0 Å². The van der Waals surface area contributed by atoms with E-state index >= 15 is 0 Å². The van der Waals surface area contributed by atoms with E-state index in [1.54, 1.807) is 13.0 Å². The minimum absolute atomic E-state index is 0.0321. The lowest BCUT2D eigenvalue weighted by atomic mass is 9.61. The molecule has 1 aliphatic rings. The number of carbonyl (C=O) groups is 1. The van der Waals surface area contributed by atoms with Crippen LogP contribution in [0.5, 0.6) is 0 Å². The number of hydrogen-bond acceptors (Lipinski definition) is 1. The van der Waals surface area contributed by atoms with Crippen LogP contribution in [-0.4, -0.2) is 11.2 Å². The van der Waals surface area contributed by atoms with Gasteiger partial charge in [-0.3, -0.25) is 4.79 Å². The SMILES string of the molecule is C=C1C(Cl)CC(C)C(C)(C)C1C=CC(C)=O. The van der Waals surface area contributed by atoms with Gasteiger partial charge in [0.1, 0.15) is 0 Å². The second-order valence-corrected chi connectivity index (χ2v) is 5.97. The fourth-order valence-electron chi connectivity index (χ4n) is 2.35. The van der Waals surface area contributed by atoms with Crippen molar-refractivity contribution in [2.24, 2.45) is 17.3 Å². The van der Waals surface area contributed by atoms with Crippen molar-refractivity contribution in [2.75, 3.05) is 0 Å². The molecule has 1 saturated carbocycles. The highest BCUT2D eigenvalue weighted by Crippen LogP contribution is 2.49. The zero-order valence-electron chi connectivity index (χ0n) is 10.6. The van der Waals surface area contributed by atoms with Crippen LogP contribution in [0.2, 0.25) is 0 Å². The maximum absolute atomic E-state index is 11.0. The second kappa shape index (κ2) is 4.75. The molecule has 0 aromatic carbocycles. The minimum atomic E-state index is 0.0321. The largest absolute Gasteiger partial charge is 0.295 e. The Bertz CT molecular complexity index is 328. The molecule has 0 amide bonds. The summed E-state index contributed by atoms with van der Waals surface area (Å²) < 4.78 is 0. The molecule has 0 aromatic rings. The summed E-state index contributed by atoms with van der Waals surface area (Å²) in [7, 11) is 0. The summed E-state index contributed by atoms with van der Waals surface area (Å²) in [6.45, 7) is 12.3. The fourth-order valence-corrected chi connectivity index (χ4v) is 2.75. The van der Waals surface area contributed by atoms with Crippen molar-refractivity contribution in [2.45, 2.75) is 39.5 Å². The summed E-state index contributed by atoms with van der Waals surface area (Å²) in [5.41, 5.74) is 1.16. The van der Waals surface area contributed by atoms with Crippen LogP contribution in [0.15, 0.2) is 24.3 Å². The van der Waals surface area contributed by atoms with E-state index in [1.807, 2.05) is 6.08 Å². The average molecular weight is 241 g/mol. The zero-order chi connectivity index (χ0) is 12.5. The van der Waals surface area contributed by atoms with Crippen LogP contribution < -0.4 is 0 Å². The van der Waals surface area contributed by atoms with Crippen molar-refractivity contribution in [3.63, 3.8) is 0 Å². The number of ketones is 1. The number of halogens is 1. The molecule has 0 spiro atoms. The van der Waals surface area contributed by atoms with Crippen molar-refractivity contribution >= 4 is 17.4 Å². The third-order valence-electron chi connectivity index (χ3n) is 3.96. The molecule has 90 valence electrons. The smallest absolute Gasteiger partial charge is 0.152 e. The number of allylic oxidation sites excluding steroid dienone is 3. The molecule has 0 saturated heterocycles. The zero-order valence-corrected chi connectivity index (χ0v) is 11.3. The van der Waals surface area contributed by atoms with Crippen LogP contribution in [0.1, 0.15) is 34.1 Å². The van der Waals surface area contributed by atoms with Gasteiger partial charge in [-0.15, -0.1) is 11.6 Å². The Hall–Kier alpha value is -0.560. The van der Waals surface area contributed by atoms with E-state index < -0.39 is 0 Å². The predicted molar refractivity (Wildman–Crippen MR) is 69.7 cm³/mol. The maximum Gasteiger partial charge on any atom is 0.152 e. The van der Waals surface area contributed by atoms with Gasteiger partial charge in [0, 0.05) is 5.92 Å². The Balaban J connectivity index is 2.99. The van der Waals surface area contributed by atoms with Gasteiger partial charge in [-0.05, 0) is 30.8 Å². The molecule has 1 nitrogen and oxygen atoms in total. The Kier molecular flexibility index (Phi) is 4.01. The van der Waals surface area contributed by atoms with Crippen LogP contribution in [0.25, 0.3) is 0 Å². The molecule has 0 aromatic heterocycles. The number of carbonyl (C=O) groups excluding carboxylic acids is 1. The molecule has 1 fully saturated rings. The first-order valence-electron chi connectivity index (χ1n) is 5.78. The van der Waals surface area contributed by atoms with E-state index in [4.69, 9.17) is 11.6 Å². The first kappa shape index (κ1) is 13.5. The molecule has 3 unspecified atom stereocenters. The molecular weight excluding hydrogens is 220 g/mol. The lowest BCUT2D eigenvalue weighted by molar-refractivity contribution is -0.112. The van der Waals surface area contributed by atoms with Gasteiger partial charge in [0.25, 0.3) is 0 Å². The molecule has 3 atom stereocenters. The summed E-state index contributed by atoms with van der Waals surface area (Å²) in [4.78, 5) is 11.0. The summed E-state index contributed by atoms with van der Waals surface area (Å²) >= 11 is 6.28.